The number of thioether (sulfide) groups is 1. The van der Waals surface area contributed by atoms with Gasteiger partial charge in [-0.3, -0.25) is 0 Å². The van der Waals surface area contributed by atoms with Gasteiger partial charge in [0.1, 0.15) is 0 Å². The minimum absolute atomic E-state index is 0.528. The standard InChI is InChI=1S/C13H19ClN2S/c1-17-13-5-3-2-4-12(13)16-11-7-6-9(15)8-10(11)14/h6-8,12-13,16H,2-5,15H2,1H3. The lowest BCUT2D eigenvalue weighted by atomic mass is 9.94. The molecular formula is C13H19ClN2S. The summed E-state index contributed by atoms with van der Waals surface area (Å²) in [7, 11) is 0. The van der Waals surface area contributed by atoms with Gasteiger partial charge in [0.25, 0.3) is 0 Å². The van der Waals surface area contributed by atoms with Gasteiger partial charge in [-0.1, -0.05) is 24.4 Å². The summed E-state index contributed by atoms with van der Waals surface area (Å²) in [5, 5.41) is 4.98. The monoisotopic (exact) mass is 270 g/mol. The van der Waals surface area contributed by atoms with Crippen molar-refractivity contribution in [2.24, 2.45) is 0 Å². The van der Waals surface area contributed by atoms with E-state index < -0.39 is 0 Å². The Morgan fingerprint density at radius 2 is 2.12 bits per heavy atom. The van der Waals surface area contributed by atoms with Crippen LogP contribution in [-0.2, 0) is 0 Å². The van der Waals surface area contributed by atoms with Gasteiger partial charge in [-0.15, -0.1) is 0 Å². The quantitative estimate of drug-likeness (QED) is 0.815. The summed E-state index contributed by atoms with van der Waals surface area (Å²) < 4.78 is 0. The van der Waals surface area contributed by atoms with E-state index in [1.54, 1.807) is 6.07 Å². The molecule has 2 nitrogen and oxygen atoms in total. The Morgan fingerprint density at radius 1 is 1.35 bits per heavy atom. The van der Waals surface area contributed by atoms with Crippen LogP contribution in [-0.4, -0.2) is 17.5 Å². The number of benzene rings is 1. The Kier molecular flexibility index (Phi) is 4.46. The zero-order valence-corrected chi connectivity index (χ0v) is 11.7. The highest BCUT2D eigenvalue weighted by molar-refractivity contribution is 7.99. The Bertz CT molecular complexity index is 384. The number of hydrogen-bond acceptors (Lipinski definition) is 3. The number of nitrogen functional groups attached to an aromatic ring is 1. The average molecular weight is 271 g/mol. The molecule has 0 amide bonds. The van der Waals surface area contributed by atoms with E-state index in [2.05, 4.69) is 11.6 Å². The Morgan fingerprint density at radius 3 is 2.82 bits per heavy atom. The minimum Gasteiger partial charge on any atom is -0.399 e. The van der Waals surface area contributed by atoms with E-state index in [-0.39, 0.29) is 0 Å². The molecule has 0 radical (unpaired) electrons. The van der Waals surface area contributed by atoms with Gasteiger partial charge in [-0.05, 0) is 37.3 Å². The summed E-state index contributed by atoms with van der Waals surface area (Å²) >= 11 is 8.14. The number of rotatable bonds is 3. The molecular weight excluding hydrogens is 252 g/mol. The first-order chi connectivity index (χ1) is 8.20. The van der Waals surface area contributed by atoms with E-state index in [1.165, 1.54) is 25.7 Å². The van der Waals surface area contributed by atoms with Gasteiger partial charge in [0.2, 0.25) is 0 Å². The molecule has 0 bridgehead atoms. The Hall–Kier alpha value is -0.540. The van der Waals surface area contributed by atoms with Crippen molar-refractivity contribution in [3.63, 3.8) is 0 Å². The van der Waals surface area contributed by atoms with Crippen LogP contribution < -0.4 is 11.1 Å². The molecule has 1 fully saturated rings. The van der Waals surface area contributed by atoms with Crippen LogP contribution in [0, 0.1) is 0 Å². The predicted molar refractivity (Wildman–Crippen MR) is 79.0 cm³/mol. The van der Waals surface area contributed by atoms with Crippen molar-refractivity contribution in [3.05, 3.63) is 23.2 Å². The van der Waals surface area contributed by atoms with E-state index >= 15 is 0 Å². The smallest absolute Gasteiger partial charge is 0.0658 e. The molecule has 2 rings (SSSR count). The minimum atomic E-state index is 0.528. The van der Waals surface area contributed by atoms with Crippen LogP contribution in [0.3, 0.4) is 0 Å². The van der Waals surface area contributed by atoms with E-state index in [9.17, 15) is 0 Å². The van der Waals surface area contributed by atoms with Crippen LogP contribution in [0.1, 0.15) is 25.7 Å². The lowest BCUT2D eigenvalue weighted by molar-refractivity contribution is 0.475. The fourth-order valence-electron chi connectivity index (χ4n) is 2.39. The SMILES string of the molecule is CSC1CCCCC1Nc1ccc(N)cc1Cl. The maximum atomic E-state index is 6.19. The molecule has 1 aromatic carbocycles. The topological polar surface area (TPSA) is 38.0 Å². The van der Waals surface area contributed by atoms with E-state index in [0.717, 1.165) is 10.7 Å². The molecule has 2 unspecified atom stereocenters. The number of hydrogen-bond donors (Lipinski definition) is 2. The first kappa shape index (κ1) is 12.9. The fraction of sp³-hybridized carbons (Fsp3) is 0.538. The van der Waals surface area contributed by atoms with Crippen molar-refractivity contribution < 1.29 is 0 Å². The number of anilines is 2. The summed E-state index contributed by atoms with van der Waals surface area (Å²) in [6.45, 7) is 0. The molecule has 3 N–H and O–H groups in total. The van der Waals surface area contributed by atoms with Crippen LogP contribution >= 0.6 is 23.4 Å². The van der Waals surface area contributed by atoms with Crippen molar-refractivity contribution in [2.75, 3.05) is 17.3 Å². The van der Waals surface area contributed by atoms with Crippen molar-refractivity contribution in [1.29, 1.82) is 0 Å². The Balaban J connectivity index is 2.08. The second-order valence-corrected chi connectivity index (χ2v) is 6.03. The third kappa shape index (κ3) is 3.23. The molecule has 0 heterocycles. The van der Waals surface area contributed by atoms with Crippen LogP contribution in [0.5, 0.6) is 0 Å². The lowest BCUT2D eigenvalue weighted by Gasteiger charge is -2.32. The molecule has 2 atom stereocenters. The molecule has 94 valence electrons. The molecule has 0 spiro atoms. The van der Waals surface area contributed by atoms with Gasteiger partial charge in [-0.25, -0.2) is 0 Å². The highest BCUT2D eigenvalue weighted by atomic mass is 35.5. The zero-order valence-electron chi connectivity index (χ0n) is 10.1. The fourth-order valence-corrected chi connectivity index (χ4v) is 3.57. The highest BCUT2D eigenvalue weighted by Crippen LogP contribution is 2.32. The summed E-state index contributed by atoms with van der Waals surface area (Å²) in [5.41, 5.74) is 7.42. The van der Waals surface area contributed by atoms with E-state index in [1.807, 2.05) is 23.9 Å². The maximum absolute atomic E-state index is 6.19. The maximum Gasteiger partial charge on any atom is 0.0658 e. The average Bonchev–Trinajstić information content (AvgIpc) is 2.33. The number of nitrogens with one attached hydrogen (secondary N) is 1. The van der Waals surface area contributed by atoms with Gasteiger partial charge in [0, 0.05) is 17.0 Å². The largest absolute Gasteiger partial charge is 0.399 e. The second-order valence-electron chi connectivity index (χ2n) is 4.55. The number of nitrogens with two attached hydrogens (primary N) is 1. The second kappa shape index (κ2) is 5.87. The van der Waals surface area contributed by atoms with E-state index in [0.29, 0.717) is 17.0 Å². The molecule has 4 heteroatoms. The molecule has 1 aromatic rings. The molecule has 0 aliphatic heterocycles. The zero-order chi connectivity index (χ0) is 12.3. The van der Waals surface area contributed by atoms with Gasteiger partial charge >= 0.3 is 0 Å². The molecule has 0 saturated heterocycles. The lowest BCUT2D eigenvalue weighted by Crippen LogP contribution is -2.34. The van der Waals surface area contributed by atoms with Crippen LogP contribution in [0.15, 0.2) is 18.2 Å². The predicted octanol–water partition coefficient (Wildman–Crippen LogP) is 4.01. The van der Waals surface area contributed by atoms with E-state index in [4.69, 9.17) is 17.3 Å². The van der Waals surface area contributed by atoms with Crippen molar-refractivity contribution >= 4 is 34.7 Å². The van der Waals surface area contributed by atoms with Gasteiger partial charge in [0.05, 0.1) is 10.7 Å². The number of halogens is 1. The summed E-state index contributed by atoms with van der Waals surface area (Å²) in [6.07, 6.45) is 7.37. The van der Waals surface area contributed by atoms with Gasteiger partial charge in [0.15, 0.2) is 0 Å². The van der Waals surface area contributed by atoms with Gasteiger partial charge in [-0.2, -0.15) is 11.8 Å². The highest BCUT2D eigenvalue weighted by Gasteiger charge is 2.24. The molecule has 1 aliphatic rings. The van der Waals surface area contributed by atoms with Crippen molar-refractivity contribution in [3.8, 4) is 0 Å². The van der Waals surface area contributed by atoms with Crippen molar-refractivity contribution in [2.45, 2.75) is 37.0 Å². The Labute approximate surface area is 112 Å². The normalized spacial score (nSPS) is 24.6. The molecule has 17 heavy (non-hydrogen) atoms. The van der Waals surface area contributed by atoms with Crippen LogP contribution in [0.4, 0.5) is 11.4 Å². The molecule has 1 saturated carbocycles. The van der Waals surface area contributed by atoms with Gasteiger partial charge < -0.3 is 11.1 Å². The van der Waals surface area contributed by atoms with Crippen LogP contribution in [0.2, 0.25) is 5.02 Å². The third-order valence-corrected chi connectivity index (χ3v) is 4.82. The first-order valence-corrected chi connectivity index (χ1v) is 7.71. The summed E-state index contributed by atoms with van der Waals surface area (Å²) in [4.78, 5) is 0. The van der Waals surface area contributed by atoms with Crippen LogP contribution in [0.25, 0.3) is 0 Å². The third-order valence-electron chi connectivity index (χ3n) is 3.34. The summed E-state index contributed by atoms with van der Waals surface area (Å²) in [5.74, 6) is 0. The van der Waals surface area contributed by atoms with Crippen molar-refractivity contribution in [1.82, 2.24) is 0 Å². The first-order valence-electron chi connectivity index (χ1n) is 6.05. The summed E-state index contributed by atoms with van der Waals surface area (Å²) in [6, 6.07) is 6.20. The molecule has 0 aromatic heterocycles. The molecule has 1 aliphatic carbocycles.